The maximum atomic E-state index is 9.38. The number of nitrogens with two attached hydrogens (primary N) is 6. The molecule has 17 rings (SSSR count). The first-order valence-corrected chi connectivity index (χ1v) is 36.1. The van der Waals surface area contributed by atoms with Crippen molar-refractivity contribution in [3.8, 4) is 79.7 Å². The summed E-state index contributed by atoms with van der Waals surface area (Å²) in [5, 5.41) is 106. The number of hydrogen-bond donors (Lipinski definition) is 18. The third kappa shape index (κ3) is 32.7. The van der Waals surface area contributed by atoms with E-state index in [1.807, 2.05) is 200 Å². The van der Waals surface area contributed by atoms with E-state index >= 15 is 0 Å². The minimum absolute atomic E-state index is 0.198. The van der Waals surface area contributed by atoms with E-state index in [1.54, 1.807) is 146 Å². The van der Waals surface area contributed by atoms with Gasteiger partial charge in [0.05, 0.1) is 0 Å². The van der Waals surface area contributed by atoms with Crippen molar-refractivity contribution in [3.63, 3.8) is 0 Å². The lowest BCUT2D eigenvalue weighted by atomic mass is 10.1. The number of aromatic hydroxyl groups is 8. The summed E-state index contributed by atoms with van der Waals surface area (Å²) in [5.41, 5.74) is 47.0. The Hall–Kier alpha value is -14.7. The third-order valence-corrected chi connectivity index (χ3v) is 16.1. The van der Waals surface area contributed by atoms with Crippen LogP contribution in [0.3, 0.4) is 0 Å². The first kappa shape index (κ1) is 93.7. The summed E-state index contributed by atoms with van der Waals surface area (Å²) in [6.45, 7) is 0. The summed E-state index contributed by atoms with van der Waals surface area (Å²) in [5.74, 6) is 3.58. The number of aliphatic hydroxyl groups is 4. The van der Waals surface area contributed by atoms with Gasteiger partial charge >= 0.3 is 0 Å². The van der Waals surface area contributed by atoms with Crippen LogP contribution in [0.25, 0.3) is 54.6 Å². The Kier molecular flexibility index (Phi) is 43.0. The van der Waals surface area contributed by atoms with Crippen LogP contribution >= 0.6 is 0 Å². The highest BCUT2D eigenvalue weighted by atomic mass is 16.5. The van der Waals surface area contributed by atoms with Gasteiger partial charge in [-0.3, -0.25) is 0 Å². The highest BCUT2D eigenvalue weighted by Gasteiger charge is 2.18. The van der Waals surface area contributed by atoms with Gasteiger partial charge in [-0.25, -0.2) is 0 Å². The zero-order valence-electron chi connectivity index (χ0n) is 65.4. The van der Waals surface area contributed by atoms with Gasteiger partial charge in [-0.2, -0.15) is 0 Å². The Morgan fingerprint density at radius 1 is 0.250 bits per heavy atom. The lowest BCUT2D eigenvalue weighted by molar-refractivity contribution is 0.399. The van der Waals surface area contributed by atoms with E-state index in [0.717, 1.165) is 103 Å². The molecule has 1 aliphatic rings. The predicted molar refractivity (Wildman–Crippen MR) is 478 cm³/mol. The molecule has 116 heavy (non-hydrogen) atoms. The second-order valence-electron chi connectivity index (χ2n) is 24.1. The first-order chi connectivity index (χ1) is 56.4. The molecular formula is C97H104N6O13. The Bertz CT molecular complexity index is 4980. The van der Waals surface area contributed by atoms with E-state index in [4.69, 9.17) is 84.5 Å². The van der Waals surface area contributed by atoms with Crippen LogP contribution in [0.2, 0.25) is 0 Å². The smallest absolute Gasteiger partial charge is 0.127 e. The van der Waals surface area contributed by atoms with E-state index in [9.17, 15) is 10.2 Å². The molecule has 19 heteroatoms. The van der Waals surface area contributed by atoms with Gasteiger partial charge in [-0.15, -0.1) is 0 Å². The molecule has 1 aliphatic carbocycles. The summed E-state index contributed by atoms with van der Waals surface area (Å²) in [6, 6.07) is 113. The molecule has 0 saturated heterocycles. The lowest BCUT2D eigenvalue weighted by Crippen LogP contribution is -1.90. The fourth-order valence-corrected chi connectivity index (χ4v) is 10.9. The van der Waals surface area contributed by atoms with E-state index in [1.165, 1.54) is 46.0 Å². The largest absolute Gasteiger partial charge is 0.508 e. The molecule has 0 fully saturated rings. The van der Waals surface area contributed by atoms with Gasteiger partial charge in [0.15, 0.2) is 0 Å². The topological polar surface area (TPSA) is 408 Å². The van der Waals surface area contributed by atoms with Crippen molar-refractivity contribution in [1.29, 1.82) is 0 Å². The molecule has 0 heterocycles. The molecule has 600 valence electrons. The molecule has 0 unspecified atom stereocenters. The predicted octanol–water partition coefficient (Wildman–Crippen LogP) is 18.8. The minimum Gasteiger partial charge on any atom is -0.508 e. The van der Waals surface area contributed by atoms with Crippen LogP contribution < -0.4 is 39.1 Å². The van der Waals surface area contributed by atoms with Crippen molar-refractivity contribution in [2.75, 3.05) is 64.2 Å². The van der Waals surface area contributed by atoms with Crippen molar-refractivity contribution in [2.24, 2.45) is 5.73 Å². The summed E-state index contributed by atoms with van der Waals surface area (Å²) in [4.78, 5) is 0. The number of hydrogen-bond acceptors (Lipinski definition) is 19. The summed E-state index contributed by atoms with van der Waals surface area (Å²) in [6.07, 6.45) is 1.86. The maximum Gasteiger partial charge on any atom is 0.127 e. The summed E-state index contributed by atoms with van der Waals surface area (Å²) < 4.78 is 5.52. The Balaban J connectivity index is 0.000000273. The SMILES string of the molecule is CN.CO.CO.CO.CO.Nc1ccc2c(c1)Cc1cc(N)ccc1-2.Nc1cccc2c(N)cccc12.Nc1ccccc1.Oc1ccc(-c2ccccc2)cc1.Oc1ccc(Cc2ccccc2)cc1.Oc1ccc(Oc2ccccc2)cc1.Oc1ccc2cc(O)ccc2c1.Oc1cccc2c(O)cccc12.Oc1ccccc1. The van der Waals surface area contributed by atoms with Gasteiger partial charge in [0.25, 0.3) is 0 Å². The quantitative estimate of drug-likeness (QED) is 0.0712. The zero-order valence-corrected chi connectivity index (χ0v) is 65.4. The van der Waals surface area contributed by atoms with Crippen LogP contribution in [0.1, 0.15) is 22.3 Å². The van der Waals surface area contributed by atoms with Gasteiger partial charge in [0, 0.05) is 78.4 Å². The number of para-hydroxylation sites is 3. The van der Waals surface area contributed by atoms with Crippen LogP contribution in [0.4, 0.5) is 28.4 Å². The van der Waals surface area contributed by atoms with Crippen LogP contribution in [0, 0.1) is 0 Å². The molecule has 16 aromatic carbocycles. The molecule has 0 amide bonds. The molecule has 16 aromatic rings. The monoisotopic (exact) mass is 1560 g/mol. The fraction of sp³-hybridized carbons (Fsp3) is 0.0722. The van der Waals surface area contributed by atoms with Crippen molar-refractivity contribution < 1.29 is 66.0 Å². The van der Waals surface area contributed by atoms with Gasteiger partial charge in [0.1, 0.15) is 57.5 Å². The molecular weight excluding hydrogens is 1460 g/mol. The standard InChI is InChI=1S/C13H12N2.C13H12O.C12H10O2.C12H10O.C10H10N2.2C10H8O2.C6H7N.C6H6O.CH5N.4CH4O/c14-10-1-3-12-8(6-10)5-9-7-11(15)2-4-13(9)12;14-13-8-6-12(7-9-13)10-11-4-2-1-3-5-11;13-10-6-8-12(9-7-10)14-11-4-2-1-3-5-11;13-12-8-6-11(7-9-12)10-4-2-1-3-5-10;11-9-5-1-3-7-8(9)4-2-6-10(7)12;11-9-3-1-7-5-10(12)4-2-8(7)6-9;11-9-5-1-3-7-8(9)4-2-6-10(7)12;2*7-6-4-2-1-3-5-6;5*1-2/h1-4,6-7H,5,14-15H2;1-9,14H,10H2;1-9,13H;1-9,13H;1-6H,11-12H2;2*1-6,11-12H;1-5H,7H2;1-5,7H;2H2,1H3;4*2H,1H3. The van der Waals surface area contributed by atoms with Gasteiger partial charge in [-0.1, -0.05) is 212 Å². The van der Waals surface area contributed by atoms with Crippen LogP contribution in [-0.2, 0) is 12.8 Å². The first-order valence-electron chi connectivity index (χ1n) is 36.1. The van der Waals surface area contributed by atoms with Gasteiger partial charge in [0.2, 0.25) is 0 Å². The number of nitrogen functional groups attached to an aromatic ring is 5. The Labute approximate surface area is 677 Å². The lowest BCUT2D eigenvalue weighted by Gasteiger charge is -2.04. The fourth-order valence-electron chi connectivity index (χ4n) is 10.9. The van der Waals surface area contributed by atoms with Crippen LogP contribution in [0.5, 0.6) is 57.5 Å². The molecule has 0 bridgehead atoms. The van der Waals surface area contributed by atoms with E-state index in [2.05, 4.69) is 30.0 Å². The van der Waals surface area contributed by atoms with Crippen molar-refractivity contribution in [2.45, 2.75) is 12.8 Å². The number of phenolic OH excluding ortho intramolecular Hbond substituents is 8. The molecule has 0 aliphatic heterocycles. The van der Waals surface area contributed by atoms with Crippen LogP contribution in [0.15, 0.2) is 370 Å². The van der Waals surface area contributed by atoms with Crippen molar-refractivity contribution >= 4 is 60.8 Å². The highest BCUT2D eigenvalue weighted by Crippen LogP contribution is 2.39. The maximum absolute atomic E-state index is 9.38. The number of ether oxygens (including phenoxy) is 1. The Morgan fingerprint density at radius 2 is 0.569 bits per heavy atom. The summed E-state index contributed by atoms with van der Waals surface area (Å²) >= 11 is 0. The number of fused-ring (bicyclic) bond motifs is 6. The molecule has 0 spiro atoms. The Morgan fingerprint density at radius 3 is 0.966 bits per heavy atom. The number of benzene rings is 16. The number of anilines is 5. The number of rotatable bonds is 5. The molecule has 0 atom stereocenters. The van der Waals surface area contributed by atoms with Crippen molar-refractivity contribution in [1.82, 2.24) is 0 Å². The van der Waals surface area contributed by atoms with Crippen molar-refractivity contribution in [3.05, 3.63) is 392 Å². The molecule has 0 saturated carbocycles. The highest BCUT2D eigenvalue weighted by molar-refractivity contribution is 6.00. The van der Waals surface area contributed by atoms with Gasteiger partial charge in [-0.05, 0) is 233 Å². The third-order valence-electron chi connectivity index (χ3n) is 16.1. The van der Waals surface area contributed by atoms with Crippen LogP contribution in [-0.4, -0.2) is 96.8 Å². The number of phenols is 8. The molecule has 0 aromatic heterocycles. The van der Waals surface area contributed by atoms with E-state index in [0.29, 0.717) is 33.8 Å². The molecule has 24 N–H and O–H groups in total. The molecule has 19 nitrogen and oxygen atoms in total. The average molecular weight is 1560 g/mol. The van der Waals surface area contributed by atoms with E-state index in [-0.39, 0.29) is 28.7 Å². The van der Waals surface area contributed by atoms with E-state index < -0.39 is 0 Å². The van der Waals surface area contributed by atoms with Gasteiger partial charge < -0.3 is 100 Å². The number of aliphatic hydroxyl groups excluding tert-OH is 4. The second kappa shape index (κ2) is 53.2. The molecule has 0 radical (unpaired) electrons. The minimum atomic E-state index is 0.198. The zero-order chi connectivity index (χ0) is 85.0. The normalized spacial score (nSPS) is 9.57. The summed E-state index contributed by atoms with van der Waals surface area (Å²) in [7, 11) is 5.50. The average Bonchev–Trinajstić information content (AvgIpc) is 1.62. The second-order valence-corrected chi connectivity index (χ2v) is 24.1.